The number of rotatable bonds is 8. The zero-order valence-corrected chi connectivity index (χ0v) is 33.0. The van der Waals surface area contributed by atoms with Gasteiger partial charge in [-0.1, -0.05) is 194 Å². The smallest absolute Gasteiger partial charge is 0.0702 e. The molecule has 11 rings (SSSR count). The van der Waals surface area contributed by atoms with Gasteiger partial charge in [-0.25, -0.2) is 0 Å². The molecule has 0 aliphatic rings. The van der Waals surface area contributed by atoms with Crippen LogP contribution in [-0.2, 0) is 0 Å². The predicted molar refractivity (Wildman–Crippen MR) is 255 cm³/mol. The van der Waals surface area contributed by atoms with E-state index < -0.39 is 0 Å². The number of nitrogens with zero attached hydrogens (tertiary/aromatic N) is 2. The van der Waals surface area contributed by atoms with Crippen molar-refractivity contribution in [1.29, 1.82) is 0 Å². The summed E-state index contributed by atoms with van der Waals surface area (Å²) in [6.07, 6.45) is 0. The fourth-order valence-electron chi connectivity index (χ4n) is 8.97. The van der Waals surface area contributed by atoms with Gasteiger partial charge < -0.3 is 9.47 Å². The van der Waals surface area contributed by atoms with Crippen molar-refractivity contribution in [3.8, 4) is 50.2 Å². The summed E-state index contributed by atoms with van der Waals surface area (Å²) < 4.78 is 2.42. The Morgan fingerprint density at radius 3 is 1.23 bits per heavy atom. The van der Waals surface area contributed by atoms with Gasteiger partial charge in [-0.05, 0) is 104 Å². The molecule has 11 aromatic rings. The monoisotopic (exact) mass is 764 g/mol. The van der Waals surface area contributed by atoms with Gasteiger partial charge >= 0.3 is 0 Å². The number of hydrogen-bond acceptors (Lipinski definition) is 1. The summed E-state index contributed by atoms with van der Waals surface area (Å²) in [5.41, 5.74) is 16.4. The molecule has 0 unspecified atom stereocenters. The van der Waals surface area contributed by atoms with Crippen LogP contribution in [-0.4, -0.2) is 4.57 Å². The molecule has 1 heterocycles. The van der Waals surface area contributed by atoms with Crippen molar-refractivity contribution >= 4 is 49.6 Å². The number of anilines is 3. The predicted octanol–water partition coefficient (Wildman–Crippen LogP) is 16.1. The second-order valence-electron chi connectivity index (χ2n) is 15.3. The highest BCUT2D eigenvalue weighted by Crippen LogP contribution is 2.43. The van der Waals surface area contributed by atoms with Crippen LogP contribution in [0.15, 0.2) is 243 Å². The van der Waals surface area contributed by atoms with Crippen LogP contribution in [0.4, 0.5) is 17.1 Å². The Bertz CT molecular complexity index is 3210. The summed E-state index contributed by atoms with van der Waals surface area (Å²) in [4.78, 5) is 2.41. The Hall–Kier alpha value is -7.94. The van der Waals surface area contributed by atoms with E-state index in [0.717, 1.165) is 22.7 Å². The Labute approximate surface area is 350 Å². The highest BCUT2D eigenvalue weighted by atomic mass is 15.2. The van der Waals surface area contributed by atoms with Crippen molar-refractivity contribution in [2.24, 2.45) is 0 Å². The minimum absolute atomic E-state index is 1.08. The molecular formula is C58H40N2. The number of hydrogen-bond donors (Lipinski definition) is 0. The topological polar surface area (TPSA) is 8.17 Å². The molecule has 1 aromatic heterocycles. The average molecular weight is 765 g/mol. The SMILES string of the molecule is c1ccc(-c2ccc(-c3ccc(N(c4ccc(-c5cccc6cccc(-c7ccccc7)c56)cc4)c4ccccc4-n4c5ccccc5c5ccccc54)cc3)cc2)cc1. The zero-order chi connectivity index (χ0) is 39.8. The van der Waals surface area contributed by atoms with E-state index in [2.05, 4.69) is 252 Å². The van der Waals surface area contributed by atoms with Gasteiger partial charge in [0.05, 0.1) is 22.4 Å². The van der Waals surface area contributed by atoms with E-state index in [1.807, 2.05) is 0 Å². The maximum absolute atomic E-state index is 2.42. The Morgan fingerprint density at radius 1 is 0.283 bits per heavy atom. The highest BCUT2D eigenvalue weighted by Gasteiger charge is 2.21. The fraction of sp³-hybridized carbons (Fsp3) is 0. The van der Waals surface area contributed by atoms with E-state index in [1.54, 1.807) is 0 Å². The first-order valence-electron chi connectivity index (χ1n) is 20.6. The normalized spacial score (nSPS) is 11.3. The molecule has 2 nitrogen and oxygen atoms in total. The molecule has 0 saturated carbocycles. The van der Waals surface area contributed by atoms with Crippen LogP contribution in [0.1, 0.15) is 0 Å². The lowest BCUT2D eigenvalue weighted by Gasteiger charge is -2.29. The average Bonchev–Trinajstić information content (AvgIpc) is 3.67. The van der Waals surface area contributed by atoms with Gasteiger partial charge in [0, 0.05) is 22.1 Å². The molecule has 2 heteroatoms. The van der Waals surface area contributed by atoms with Crippen LogP contribution in [0.2, 0.25) is 0 Å². The number of para-hydroxylation sites is 4. The molecule has 0 N–H and O–H groups in total. The summed E-state index contributed by atoms with van der Waals surface area (Å²) in [6, 6.07) is 87.8. The van der Waals surface area contributed by atoms with E-state index in [9.17, 15) is 0 Å². The van der Waals surface area contributed by atoms with Gasteiger partial charge in [0.15, 0.2) is 0 Å². The van der Waals surface area contributed by atoms with Crippen LogP contribution in [0.5, 0.6) is 0 Å². The lowest BCUT2D eigenvalue weighted by molar-refractivity contribution is 1.15. The molecule has 60 heavy (non-hydrogen) atoms. The first-order chi connectivity index (χ1) is 29.8. The minimum atomic E-state index is 1.08. The van der Waals surface area contributed by atoms with Gasteiger partial charge in [-0.15, -0.1) is 0 Å². The van der Waals surface area contributed by atoms with Gasteiger partial charge in [0.1, 0.15) is 0 Å². The minimum Gasteiger partial charge on any atom is -0.308 e. The largest absolute Gasteiger partial charge is 0.308 e. The van der Waals surface area contributed by atoms with E-state index in [1.165, 1.54) is 77.1 Å². The van der Waals surface area contributed by atoms with Gasteiger partial charge in [0.25, 0.3) is 0 Å². The maximum Gasteiger partial charge on any atom is 0.0702 e. The summed E-state index contributed by atoms with van der Waals surface area (Å²) >= 11 is 0. The van der Waals surface area contributed by atoms with Crippen molar-refractivity contribution < 1.29 is 0 Å². The number of benzene rings is 10. The van der Waals surface area contributed by atoms with Crippen LogP contribution < -0.4 is 4.90 Å². The Morgan fingerprint density at radius 2 is 0.683 bits per heavy atom. The molecule has 0 radical (unpaired) electrons. The zero-order valence-electron chi connectivity index (χ0n) is 33.0. The van der Waals surface area contributed by atoms with E-state index in [0.29, 0.717) is 0 Å². The number of fused-ring (bicyclic) bond motifs is 4. The molecule has 10 aromatic carbocycles. The summed E-state index contributed by atoms with van der Waals surface area (Å²) in [5.74, 6) is 0. The van der Waals surface area contributed by atoms with Crippen LogP contribution in [0.25, 0.3) is 82.8 Å². The molecule has 0 aliphatic carbocycles. The molecule has 0 spiro atoms. The quantitative estimate of drug-likeness (QED) is 0.150. The van der Waals surface area contributed by atoms with Gasteiger partial charge in [-0.3, -0.25) is 0 Å². The van der Waals surface area contributed by atoms with E-state index in [4.69, 9.17) is 0 Å². The van der Waals surface area contributed by atoms with Crippen molar-refractivity contribution in [3.05, 3.63) is 243 Å². The molecule has 282 valence electrons. The lowest BCUT2D eigenvalue weighted by Crippen LogP contribution is -2.13. The van der Waals surface area contributed by atoms with Crippen molar-refractivity contribution in [1.82, 2.24) is 4.57 Å². The number of aromatic nitrogens is 1. The first-order valence-corrected chi connectivity index (χ1v) is 20.6. The fourth-order valence-corrected chi connectivity index (χ4v) is 8.97. The Balaban J connectivity index is 1.05. The van der Waals surface area contributed by atoms with E-state index >= 15 is 0 Å². The van der Waals surface area contributed by atoms with Crippen molar-refractivity contribution in [2.45, 2.75) is 0 Å². The molecule has 0 amide bonds. The molecule has 0 fully saturated rings. The standard InChI is InChI=1S/C58H40N2/c1-3-15-41(16-4-1)42-29-31-43(32-30-42)44-33-37-48(38-34-44)59(56-27-11-12-28-57(56)60-54-25-9-7-21-52(54)53-22-8-10-26-55(53)60)49-39-35-46(36-40-49)51-24-14-20-47-19-13-23-50(58(47)51)45-17-5-2-6-18-45/h1-40H. The summed E-state index contributed by atoms with van der Waals surface area (Å²) in [7, 11) is 0. The molecular weight excluding hydrogens is 725 g/mol. The molecule has 0 aliphatic heterocycles. The second-order valence-corrected chi connectivity index (χ2v) is 15.3. The third-order valence-electron chi connectivity index (χ3n) is 11.8. The highest BCUT2D eigenvalue weighted by molar-refractivity contribution is 6.10. The van der Waals surface area contributed by atoms with Gasteiger partial charge in [0.2, 0.25) is 0 Å². The van der Waals surface area contributed by atoms with Gasteiger partial charge in [-0.2, -0.15) is 0 Å². The van der Waals surface area contributed by atoms with Crippen LogP contribution in [0.3, 0.4) is 0 Å². The molecule has 0 atom stereocenters. The third-order valence-corrected chi connectivity index (χ3v) is 11.8. The molecule has 0 saturated heterocycles. The Kier molecular flexibility index (Phi) is 8.87. The van der Waals surface area contributed by atoms with Crippen LogP contribution in [0, 0.1) is 0 Å². The summed E-state index contributed by atoms with van der Waals surface area (Å²) in [6.45, 7) is 0. The third kappa shape index (κ3) is 6.23. The lowest BCUT2D eigenvalue weighted by atomic mass is 9.91. The second kappa shape index (κ2) is 15.1. The van der Waals surface area contributed by atoms with E-state index in [-0.39, 0.29) is 0 Å². The molecule has 0 bridgehead atoms. The van der Waals surface area contributed by atoms with Crippen LogP contribution >= 0.6 is 0 Å². The van der Waals surface area contributed by atoms with Crippen molar-refractivity contribution in [3.63, 3.8) is 0 Å². The first kappa shape index (κ1) is 35.2. The summed E-state index contributed by atoms with van der Waals surface area (Å²) in [5, 5.41) is 4.98. The van der Waals surface area contributed by atoms with Crippen molar-refractivity contribution in [2.75, 3.05) is 4.90 Å². The maximum atomic E-state index is 2.42.